The summed E-state index contributed by atoms with van der Waals surface area (Å²) in [5.41, 5.74) is 3.83. The van der Waals surface area contributed by atoms with Crippen molar-refractivity contribution in [2.75, 3.05) is 18.4 Å². The number of hydrogen-bond acceptors (Lipinski definition) is 6. The molecule has 2 heterocycles. The molecule has 1 aromatic heterocycles. The Labute approximate surface area is 184 Å². The number of aromatic nitrogens is 1. The fourth-order valence-electron chi connectivity index (χ4n) is 3.18. The summed E-state index contributed by atoms with van der Waals surface area (Å²) in [6.45, 7) is 1.09. The van der Waals surface area contributed by atoms with Gasteiger partial charge in [0, 0.05) is 40.4 Å². The zero-order valence-electron chi connectivity index (χ0n) is 16.2. The first-order valence-electron chi connectivity index (χ1n) is 9.54. The Kier molecular flexibility index (Phi) is 6.52. The van der Waals surface area contributed by atoms with Gasteiger partial charge in [0.25, 0.3) is 5.91 Å². The second-order valence-electron chi connectivity index (χ2n) is 6.89. The van der Waals surface area contributed by atoms with Gasteiger partial charge in [-0.2, -0.15) is 4.31 Å². The predicted octanol–water partition coefficient (Wildman–Crippen LogP) is 4.47. The number of rotatable bonds is 7. The third-order valence-electron chi connectivity index (χ3n) is 4.78. The zero-order chi connectivity index (χ0) is 21.0. The number of benzene rings is 2. The number of amides is 1. The molecular formula is C21H21N3O3S3. The Bertz CT molecular complexity index is 1110. The topological polar surface area (TPSA) is 79.4 Å². The van der Waals surface area contributed by atoms with E-state index in [0.717, 1.165) is 29.2 Å². The highest BCUT2D eigenvalue weighted by Crippen LogP contribution is 2.25. The first kappa shape index (κ1) is 21.0. The average molecular weight is 460 g/mol. The van der Waals surface area contributed by atoms with Crippen molar-refractivity contribution in [3.05, 3.63) is 70.7 Å². The molecule has 0 unspecified atom stereocenters. The Morgan fingerprint density at radius 1 is 1.13 bits per heavy atom. The van der Waals surface area contributed by atoms with E-state index in [-0.39, 0.29) is 10.8 Å². The average Bonchev–Trinajstić information content (AvgIpc) is 3.47. The van der Waals surface area contributed by atoms with E-state index in [1.54, 1.807) is 53.4 Å². The lowest BCUT2D eigenvalue weighted by molar-refractivity contribution is 0.102. The van der Waals surface area contributed by atoms with Gasteiger partial charge in [-0.15, -0.1) is 23.1 Å². The highest BCUT2D eigenvalue weighted by molar-refractivity contribution is 7.98. The van der Waals surface area contributed by atoms with Crippen molar-refractivity contribution in [1.82, 2.24) is 9.29 Å². The van der Waals surface area contributed by atoms with Crippen LogP contribution in [-0.4, -0.2) is 36.7 Å². The molecule has 0 aliphatic carbocycles. The van der Waals surface area contributed by atoms with Gasteiger partial charge in [-0.1, -0.05) is 6.07 Å². The molecule has 0 radical (unpaired) electrons. The van der Waals surface area contributed by atoms with Gasteiger partial charge in [0.1, 0.15) is 0 Å². The molecule has 0 spiro atoms. The van der Waals surface area contributed by atoms with Crippen molar-refractivity contribution < 1.29 is 13.2 Å². The van der Waals surface area contributed by atoms with Gasteiger partial charge in [-0.25, -0.2) is 13.4 Å². The first-order chi connectivity index (χ1) is 14.5. The van der Waals surface area contributed by atoms with Gasteiger partial charge in [0.05, 0.1) is 16.1 Å². The van der Waals surface area contributed by atoms with E-state index in [1.807, 2.05) is 23.0 Å². The van der Waals surface area contributed by atoms with Crippen LogP contribution in [0.5, 0.6) is 0 Å². The Balaban J connectivity index is 1.41. The maximum atomic E-state index is 12.7. The van der Waals surface area contributed by atoms with Gasteiger partial charge in [0.2, 0.25) is 10.0 Å². The zero-order valence-corrected chi connectivity index (χ0v) is 18.6. The summed E-state index contributed by atoms with van der Waals surface area (Å²) < 4.78 is 27.0. The molecule has 156 valence electrons. The quantitative estimate of drug-likeness (QED) is 0.527. The van der Waals surface area contributed by atoms with Crippen molar-refractivity contribution in [2.24, 2.45) is 0 Å². The standard InChI is InChI=1S/C21H21N3O3S3/c25-21(16-6-8-19(9-7-16)29-14-18-13-28-15-22-18)23-17-4-3-5-20(12-17)30(26,27)24-10-1-2-11-24/h3-9,12-13,15H,1-2,10-11,14H2,(H,23,25). The number of thioether (sulfide) groups is 1. The molecule has 0 bridgehead atoms. The molecule has 6 nitrogen and oxygen atoms in total. The molecule has 4 rings (SSSR count). The summed E-state index contributed by atoms with van der Waals surface area (Å²) in [6, 6.07) is 13.8. The summed E-state index contributed by atoms with van der Waals surface area (Å²) in [5, 5.41) is 4.82. The lowest BCUT2D eigenvalue weighted by Crippen LogP contribution is -2.27. The van der Waals surface area contributed by atoms with Crippen LogP contribution >= 0.6 is 23.1 Å². The summed E-state index contributed by atoms with van der Waals surface area (Å²) in [6.07, 6.45) is 1.77. The molecule has 1 aliphatic heterocycles. The molecule has 3 aromatic rings. The SMILES string of the molecule is O=C(Nc1cccc(S(=O)(=O)N2CCCC2)c1)c1ccc(SCc2cscn2)cc1. The van der Waals surface area contributed by atoms with Crippen LogP contribution < -0.4 is 5.32 Å². The molecule has 1 fully saturated rings. The van der Waals surface area contributed by atoms with E-state index in [0.29, 0.717) is 24.3 Å². The fraction of sp³-hybridized carbons (Fsp3) is 0.238. The lowest BCUT2D eigenvalue weighted by atomic mass is 10.2. The summed E-state index contributed by atoms with van der Waals surface area (Å²) in [7, 11) is -3.52. The third kappa shape index (κ3) is 4.92. The van der Waals surface area contributed by atoms with E-state index < -0.39 is 10.0 Å². The highest BCUT2D eigenvalue weighted by atomic mass is 32.2. The second kappa shape index (κ2) is 9.30. The minimum atomic E-state index is -3.52. The minimum absolute atomic E-state index is 0.205. The number of sulfonamides is 1. The van der Waals surface area contributed by atoms with Crippen LogP contribution in [0.3, 0.4) is 0 Å². The van der Waals surface area contributed by atoms with Crippen molar-refractivity contribution in [2.45, 2.75) is 28.4 Å². The number of carbonyl (C=O) groups excluding carboxylic acids is 1. The number of carbonyl (C=O) groups is 1. The van der Waals surface area contributed by atoms with E-state index in [4.69, 9.17) is 0 Å². The van der Waals surface area contributed by atoms with E-state index in [2.05, 4.69) is 10.3 Å². The van der Waals surface area contributed by atoms with Crippen LogP contribution in [0.4, 0.5) is 5.69 Å². The molecule has 30 heavy (non-hydrogen) atoms. The van der Waals surface area contributed by atoms with Crippen molar-refractivity contribution in [3.8, 4) is 0 Å². The number of nitrogens with one attached hydrogen (secondary N) is 1. The molecule has 2 aromatic carbocycles. The first-order valence-corrected chi connectivity index (χ1v) is 12.9. The molecule has 0 saturated carbocycles. The Hall–Kier alpha value is -2.20. The summed E-state index contributed by atoms with van der Waals surface area (Å²) >= 11 is 3.23. The Morgan fingerprint density at radius 2 is 1.90 bits per heavy atom. The molecule has 1 amide bonds. The van der Waals surface area contributed by atoms with Gasteiger partial charge in [0.15, 0.2) is 0 Å². The van der Waals surface area contributed by atoms with Crippen molar-refractivity contribution >= 4 is 44.7 Å². The maximum absolute atomic E-state index is 12.7. The third-order valence-corrected chi connectivity index (χ3v) is 8.36. The molecule has 0 atom stereocenters. The number of thiazole rings is 1. The highest BCUT2D eigenvalue weighted by Gasteiger charge is 2.27. The lowest BCUT2D eigenvalue weighted by Gasteiger charge is -2.16. The normalized spacial score (nSPS) is 14.7. The number of nitrogens with zero attached hydrogens (tertiary/aromatic N) is 2. The second-order valence-corrected chi connectivity index (χ2v) is 10.6. The van der Waals surface area contributed by atoms with Crippen LogP contribution in [0, 0.1) is 0 Å². The predicted molar refractivity (Wildman–Crippen MR) is 121 cm³/mol. The van der Waals surface area contributed by atoms with Crippen LogP contribution in [0.2, 0.25) is 0 Å². The molecule has 1 N–H and O–H groups in total. The van der Waals surface area contributed by atoms with E-state index in [1.165, 1.54) is 10.4 Å². The molecule has 1 aliphatic rings. The Morgan fingerprint density at radius 3 is 2.60 bits per heavy atom. The van der Waals surface area contributed by atoms with Gasteiger partial charge >= 0.3 is 0 Å². The molecule has 1 saturated heterocycles. The van der Waals surface area contributed by atoms with Crippen LogP contribution in [0.25, 0.3) is 0 Å². The molecular weight excluding hydrogens is 438 g/mol. The number of anilines is 1. The summed E-state index contributed by atoms with van der Waals surface area (Å²) in [5.74, 6) is 0.509. The minimum Gasteiger partial charge on any atom is -0.322 e. The van der Waals surface area contributed by atoms with E-state index in [9.17, 15) is 13.2 Å². The summed E-state index contributed by atoms with van der Waals surface area (Å²) in [4.78, 5) is 18.1. The van der Waals surface area contributed by atoms with Gasteiger partial charge in [-0.3, -0.25) is 4.79 Å². The van der Waals surface area contributed by atoms with Crippen LogP contribution in [0.1, 0.15) is 28.9 Å². The largest absolute Gasteiger partial charge is 0.322 e. The van der Waals surface area contributed by atoms with Gasteiger partial charge in [-0.05, 0) is 55.3 Å². The fourth-order valence-corrected chi connectivity index (χ4v) is 6.21. The van der Waals surface area contributed by atoms with Crippen molar-refractivity contribution in [3.63, 3.8) is 0 Å². The van der Waals surface area contributed by atoms with Crippen LogP contribution in [0.15, 0.2) is 69.2 Å². The van der Waals surface area contributed by atoms with Crippen molar-refractivity contribution in [1.29, 1.82) is 0 Å². The van der Waals surface area contributed by atoms with E-state index >= 15 is 0 Å². The van der Waals surface area contributed by atoms with Crippen LogP contribution in [-0.2, 0) is 15.8 Å². The monoisotopic (exact) mass is 459 g/mol. The number of hydrogen-bond donors (Lipinski definition) is 1. The maximum Gasteiger partial charge on any atom is 0.255 e. The molecule has 9 heteroatoms. The smallest absolute Gasteiger partial charge is 0.255 e. The van der Waals surface area contributed by atoms with Gasteiger partial charge < -0.3 is 5.32 Å².